The van der Waals surface area contributed by atoms with Crippen LogP contribution in [0.5, 0.6) is 0 Å². The molecule has 0 aliphatic carbocycles. The Balaban J connectivity index is 2.30. The Labute approximate surface area is 96.5 Å². The third kappa shape index (κ3) is 2.39. The molecule has 0 radical (unpaired) electrons. The number of fused-ring (bicyclic) bond motifs is 1. The summed E-state index contributed by atoms with van der Waals surface area (Å²) < 4.78 is 0. The lowest BCUT2D eigenvalue weighted by atomic mass is 10.0. The molecule has 2 aromatic rings. The average molecular weight is 214 g/mol. The molecule has 2 heteroatoms. The van der Waals surface area contributed by atoms with Gasteiger partial charge in [0.25, 0.3) is 0 Å². The lowest BCUT2D eigenvalue weighted by Gasteiger charge is -2.05. The van der Waals surface area contributed by atoms with Crippen LogP contribution in [0.1, 0.15) is 24.1 Å². The van der Waals surface area contributed by atoms with Crippen molar-refractivity contribution >= 4 is 10.8 Å². The maximum atomic E-state index is 5.50. The van der Waals surface area contributed by atoms with E-state index in [4.69, 9.17) is 5.73 Å². The van der Waals surface area contributed by atoms with Gasteiger partial charge in [0.15, 0.2) is 0 Å². The van der Waals surface area contributed by atoms with Crippen molar-refractivity contribution in [2.75, 3.05) is 6.54 Å². The molecule has 0 spiro atoms. The van der Waals surface area contributed by atoms with Crippen molar-refractivity contribution in [3.05, 3.63) is 41.7 Å². The Kier molecular flexibility index (Phi) is 3.52. The predicted molar refractivity (Wildman–Crippen MR) is 68.5 cm³/mol. The number of unbranched alkanes of at least 4 members (excludes halogenated alkanes) is 1. The van der Waals surface area contributed by atoms with Gasteiger partial charge >= 0.3 is 0 Å². The first kappa shape index (κ1) is 11.1. The second kappa shape index (κ2) is 5.08. The molecule has 2 N–H and O–H groups in total. The number of aromatic nitrogens is 1. The molecule has 0 atom stereocenters. The van der Waals surface area contributed by atoms with Gasteiger partial charge in [0.2, 0.25) is 0 Å². The van der Waals surface area contributed by atoms with Gasteiger partial charge < -0.3 is 5.73 Å². The first-order valence-electron chi connectivity index (χ1n) is 5.85. The monoisotopic (exact) mass is 214 g/mol. The van der Waals surface area contributed by atoms with Crippen LogP contribution in [0, 0.1) is 6.92 Å². The zero-order valence-corrected chi connectivity index (χ0v) is 9.74. The lowest BCUT2D eigenvalue weighted by molar-refractivity contribution is 0.736. The van der Waals surface area contributed by atoms with Crippen LogP contribution in [0.15, 0.2) is 30.5 Å². The average Bonchev–Trinajstić information content (AvgIpc) is 2.29. The van der Waals surface area contributed by atoms with E-state index < -0.39 is 0 Å². The topological polar surface area (TPSA) is 38.9 Å². The van der Waals surface area contributed by atoms with Crippen LogP contribution in [0.2, 0.25) is 0 Å². The summed E-state index contributed by atoms with van der Waals surface area (Å²) >= 11 is 0. The van der Waals surface area contributed by atoms with E-state index in [2.05, 4.69) is 36.2 Å². The minimum absolute atomic E-state index is 0.768. The van der Waals surface area contributed by atoms with Crippen LogP contribution in [-0.4, -0.2) is 11.5 Å². The number of hydrogen-bond acceptors (Lipinski definition) is 2. The molecule has 0 aliphatic heterocycles. The van der Waals surface area contributed by atoms with Crippen LogP contribution < -0.4 is 5.73 Å². The SMILES string of the molecule is Cc1ccc2c(CCCCN)nccc2c1. The van der Waals surface area contributed by atoms with E-state index in [-0.39, 0.29) is 0 Å². The number of pyridine rings is 1. The van der Waals surface area contributed by atoms with E-state index in [0.717, 1.165) is 25.8 Å². The Morgan fingerprint density at radius 2 is 2.06 bits per heavy atom. The van der Waals surface area contributed by atoms with Gasteiger partial charge in [-0.2, -0.15) is 0 Å². The fourth-order valence-electron chi connectivity index (χ4n) is 2.00. The van der Waals surface area contributed by atoms with Gasteiger partial charge in [-0.25, -0.2) is 0 Å². The van der Waals surface area contributed by atoms with E-state index in [0.29, 0.717) is 0 Å². The number of rotatable bonds is 4. The number of aryl methyl sites for hydroxylation is 2. The summed E-state index contributed by atoms with van der Waals surface area (Å²) in [4.78, 5) is 4.47. The highest BCUT2D eigenvalue weighted by atomic mass is 14.7. The summed E-state index contributed by atoms with van der Waals surface area (Å²) in [6.07, 6.45) is 5.12. The summed E-state index contributed by atoms with van der Waals surface area (Å²) in [6, 6.07) is 8.62. The number of nitrogens with zero attached hydrogens (tertiary/aromatic N) is 1. The van der Waals surface area contributed by atoms with E-state index in [9.17, 15) is 0 Å². The van der Waals surface area contributed by atoms with Gasteiger partial charge in [-0.05, 0) is 44.2 Å². The molecule has 0 fully saturated rings. The van der Waals surface area contributed by atoms with E-state index in [1.54, 1.807) is 0 Å². The van der Waals surface area contributed by atoms with Gasteiger partial charge in [0.1, 0.15) is 0 Å². The summed E-state index contributed by atoms with van der Waals surface area (Å²) in [7, 11) is 0. The lowest BCUT2D eigenvalue weighted by Crippen LogP contribution is -2.00. The first-order valence-corrected chi connectivity index (χ1v) is 5.85. The molecular formula is C14H18N2. The highest BCUT2D eigenvalue weighted by Crippen LogP contribution is 2.19. The number of nitrogens with two attached hydrogens (primary N) is 1. The quantitative estimate of drug-likeness (QED) is 0.795. The minimum Gasteiger partial charge on any atom is -0.330 e. The highest BCUT2D eigenvalue weighted by Gasteiger charge is 2.01. The van der Waals surface area contributed by atoms with Crippen molar-refractivity contribution < 1.29 is 0 Å². The van der Waals surface area contributed by atoms with Gasteiger partial charge in [-0.15, -0.1) is 0 Å². The zero-order valence-electron chi connectivity index (χ0n) is 9.74. The maximum absolute atomic E-state index is 5.50. The van der Waals surface area contributed by atoms with E-state index in [1.807, 2.05) is 6.20 Å². The molecule has 0 unspecified atom stereocenters. The summed E-state index contributed by atoms with van der Waals surface area (Å²) in [5, 5.41) is 2.57. The van der Waals surface area contributed by atoms with Crippen LogP contribution >= 0.6 is 0 Å². The van der Waals surface area contributed by atoms with Crippen molar-refractivity contribution in [2.24, 2.45) is 5.73 Å². The standard InChI is InChI=1S/C14H18N2/c1-11-5-6-13-12(10-11)7-9-16-14(13)4-2-3-8-15/h5-7,9-10H,2-4,8,15H2,1H3. The molecule has 0 aliphatic rings. The second-order valence-electron chi connectivity index (χ2n) is 4.23. The van der Waals surface area contributed by atoms with Crippen molar-refractivity contribution in [1.82, 2.24) is 4.98 Å². The van der Waals surface area contributed by atoms with Crippen LogP contribution in [0.3, 0.4) is 0 Å². The maximum Gasteiger partial charge on any atom is 0.0481 e. The Morgan fingerprint density at radius 3 is 2.88 bits per heavy atom. The molecule has 1 aromatic carbocycles. The third-order valence-electron chi connectivity index (χ3n) is 2.87. The molecule has 1 heterocycles. The van der Waals surface area contributed by atoms with E-state index >= 15 is 0 Å². The number of benzene rings is 1. The van der Waals surface area contributed by atoms with Crippen LogP contribution in [-0.2, 0) is 6.42 Å². The van der Waals surface area contributed by atoms with Crippen LogP contribution in [0.25, 0.3) is 10.8 Å². The Hall–Kier alpha value is -1.41. The minimum atomic E-state index is 0.768. The molecule has 2 nitrogen and oxygen atoms in total. The summed E-state index contributed by atoms with van der Waals surface area (Å²) in [5.41, 5.74) is 8.00. The van der Waals surface area contributed by atoms with Gasteiger partial charge in [-0.1, -0.05) is 23.8 Å². The third-order valence-corrected chi connectivity index (χ3v) is 2.87. The van der Waals surface area contributed by atoms with E-state index in [1.165, 1.54) is 22.0 Å². The van der Waals surface area contributed by atoms with Gasteiger partial charge in [-0.3, -0.25) is 4.98 Å². The molecule has 0 bridgehead atoms. The smallest absolute Gasteiger partial charge is 0.0481 e. The first-order chi connectivity index (χ1) is 7.81. The molecule has 0 saturated heterocycles. The summed E-state index contributed by atoms with van der Waals surface area (Å²) in [6.45, 7) is 2.89. The molecule has 2 rings (SSSR count). The predicted octanol–water partition coefficient (Wildman–Crippen LogP) is 2.82. The molecule has 84 valence electrons. The normalized spacial score (nSPS) is 10.9. The van der Waals surface area contributed by atoms with Crippen molar-refractivity contribution in [2.45, 2.75) is 26.2 Å². The molecule has 16 heavy (non-hydrogen) atoms. The number of hydrogen-bond donors (Lipinski definition) is 1. The fourth-order valence-corrected chi connectivity index (χ4v) is 2.00. The zero-order chi connectivity index (χ0) is 11.4. The highest BCUT2D eigenvalue weighted by molar-refractivity contribution is 5.84. The Bertz CT molecular complexity index is 477. The molecular weight excluding hydrogens is 196 g/mol. The van der Waals surface area contributed by atoms with Crippen molar-refractivity contribution in [3.63, 3.8) is 0 Å². The van der Waals surface area contributed by atoms with Crippen LogP contribution in [0.4, 0.5) is 0 Å². The summed E-state index contributed by atoms with van der Waals surface area (Å²) in [5.74, 6) is 0. The van der Waals surface area contributed by atoms with Gasteiger partial charge in [0, 0.05) is 17.3 Å². The molecule has 0 amide bonds. The van der Waals surface area contributed by atoms with Gasteiger partial charge in [0.05, 0.1) is 0 Å². The fraction of sp³-hybridized carbons (Fsp3) is 0.357. The molecule has 0 saturated carbocycles. The van der Waals surface area contributed by atoms with Crippen molar-refractivity contribution in [1.29, 1.82) is 0 Å². The largest absolute Gasteiger partial charge is 0.330 e. The second-order valence-corrected chi connectivity index (χ2v) is 4.23. The molecule has 1 aromatic heterocycles. The van der Waals surface area contributed by atoms with Crippen molar-refractivity contribution in [3.8, 4) is 0 Å². The Morgan fingerprint density at radius 1 is 1.19 bits per heavy atom.